The Morgan fingerprint density at radius 1 is 1.00 bits per heavy atom. The van der Waals surface area contributed by atoms with Crippen LogP contribution in [0.5, 0.6) is 11.5 Å². The van der Waals surface area contributed by atoms with Gasteiger partial charge in [-0.05, 0) is 29.8 Å². The van der Waals surface area contributed by atoms with Crippen molar-refractivity contribution in [2.45, 2.75) is 25.6 Å². The lowest BCUT2D eigenvalue weighted by molar-refractivity contribution is -0.145. The molecule has 39 heavy (non-hydrogen) atoms. The van der Waals surface area contributed by atoms with Crippen molar-refractivity contribution < 1.29 is 41.4 Å². The van der Waals surface area contributed by atoms with Gasteiger partial charge in [-0.1, -0.05) is 0 Å². The molecule has 1 aromatic carbocycles. The molecule has 9 nitrogen and oxygen atoms in total. The Hall–Kier alpha value is -4.42. The average molecular weight is 548 g/mol. The lowest BCUT2D eigenvalue weighted by Gasteiger charge is -2.15. The zero-order valence-electron chi connectivity index (χ0n) is 21.0. The van der Waals surface area contributed by atoms with Crippen LogP contribution in [0.1, 0.15) is 23.2 Å². The molecule has 0 N–H and O–H groups in total. The quantitative estimate of drug-likeness (QED) is 0.149. The molecule has 0 fully saturated rings. The van der Waals surface area contributed by atoms with Crippen molar-refractivity contribution in [2.24, 2.45) is 0 Å². The number of carbonyl (C=O) groups excluding carboxylic acids is 2. The normalized spacial score (nSPS) is 11.5. The number of hydrogen-bond acceptors (Lipinski definition) is 7. The van der Waals surface area contributed by atoms with Crippen molar-refractivity contribution in [1.82, 2.24) is 19.2 Å². The molecule has 0 amide bonds. The predicted octanol–water partition coefficient (Wildman–Crippen LogP) is 4.92. The van der Waals surface area contributed by atoms with Crippen LogP contribution in [0.2, 0.25) is 0 Å². The second kappa shape index (κ2) is 11.5. The second-order valence-corrected chi connectivity index (χ2v) is 8.42. The van der Waals surface area contributed by atoms with E-state index >= 15 is 0 Å². The van der Waals surface area contributed by atoms with Gasteiger partial charge >= 0.3 is 12.1 Å². The first-order chi connectivity index (χ1) is 18.6. The molecule has 0 saturated heterocycles. The molecule has 4 aromatic rings. The molecular formula is C26H24F4N4O5. The van der Waals surface area contributed by atoms with Crippen molar-refractivity contribution in [3.63, 3.8) is 0 Å². The van der Waals surface area contributed by atoms with Crippen LogP contribution in [0.15, 0.2) is 49.1 Å². The molecule has 3 aromatic heterocycles. The highest BCUT2D eigenvalue weighted by molar-refractivity contribution is 6.02. The van der Waals surface area contributed by atoms with Gasteiger partial charge < -0.3 is 14.2 Å². The minimum atomic E-state index is -4.47. The Kier molecular flexibility index (Phi) is 8.17. The van der Waals surface area contributed by atoms with Gasteiger partial charge in [0.25, 0.3) is 0 Å². The molecule has 0 bridgehead atoms. The average Bonchev–Trinajstić information content (AvgIpc) is 3.56. The summed E-state index contributed by atoms with van der Waals surface area (Å²) in [5.74, 6) is -1.18. The van der Waals surface area contributed by atoms with Crippen molar-refractivity contribution in [3.05, 3.63) is 54.6 Å². The van der Waals surface area contributed by atoms with E-state index in [4.69, 9.17) is 14.2 Å². The lowest BCUT2D eigenvalue weighted by atomic mass is 10.0. The minimum absolute atomic E-state index is 0.0605. The highest BCUT2D eigenvalue weighted by Crippen LogP contribution is 2.37. The third-order valence-corrected chi connectivity index (χ3v) is 5.83. The summed E-state index contributed by atoms with van der Waals surface area (Å²) in [5, 5.41) is 4.14. The summed E-state index contributed by atoms with van der Waals surface area (Å²) >= 11 is 0. The van der Waals surface area contributed by atoms with E-state index < -0.39 is 37.4 Å². The number of Topliss-reactive ketones (excluding diaryl/α,β-unsaturated/α-hetero) is 1. The Morgan fingerprint density at radius 3 is 2.36 bits per heavy atom. The van der Waals surface area contributed by atoms with Crippen LogP contribution in [-0.2, 0) is 16.1 Å². The van der Waals surface area contributed by atoms with Crippen LogP contribution in [0.4, 0.5) is 17.6 Å². The molecule has 0 aliphatic carbocycles. The van der Waals surface area contributed by atoms with E-state index in [9.17, 15) is 27.2 Å². The van der Waals surface area contributed by atoms with Crippen molar-refractivity contribution in [1.29, 1.82) is 0 Å². The van der Waals surface area contributed by atoms with Crippen molar-refractivity contribution in [2.75, 3.05) is 27.5 Å². The van der Waals surface area contributed by atoms with Crippen LogP contribution in [-0.4, -0.2) is 64.6 Å². The van der Waals surface area contributed by atoms with E-state index in [1.54, 1.807) is 47.4 Å². The largest absolute Gasteiger partial charge is 0.496 e. The molecule has 3 heterocycles. The molecule has 0 aliphatic rings. The molecule has 4 rings (SSSR count). The number of hydrogen-bond donors (Lipinski definition) is 0. The highest BCUT2D eigenvalue weighted by atomic mass is 19.4. The maximum Gasteiger partial charge on any atom is 0.389 e. The topological polar surface area (TPSA) is 97.0 Å². The number of benzene rings is 1. The number of halogens is 4. The molecule has 13 heteroatoms. The van der Waals surface area contributed by atoms with E-state index in [0.29, 0.717) is 22.5 Å². The SMILES string of the molecule is COc1cc(-c2cnc3cc(-c4cnn(CC(=O)OCCF)c4)ccn23)cc(OC)c1C(=O)CCC(F)(F)F. The van der Waals surface area contributed by atoms with Gasteiger partial charge in [0, 0.05) is 29.9 Å². The van der Waals surface area contributed by atoms with Crippen LogP contribution < -0.4 is 9.47 Å². The van der Waals surface area contributed by atoms with Crippen LogP contribution >= 0.6 is 0 Å². The molecule has 0 radical (unpaired) electrons. The van der Waals surface area contributed by atoms with E-state index in [1.165, 1.54) is 18.9 Å². The third kappa shape index (κ3) is 6.36. The second-order valence-electron chi connectivity index (χ2n) is 8.42. The van der Waals surface area contributed by atoms with Gasteiger partial charge in [-0.25, -0.2) is 9.37 Å². The van der Waals surface area contributed by atoms with Gasteiger partial charge in [0.15, 0.2) is 5.78 Å². The zero-order chi connectivity index (χ0) is 28.2. The molecule has 0 saturated carbocycles. The van der Waals surface area contributed by atoms with Crippen LogP contribution in [0.3, 0.4) is 0 Å². The molecule has 206 valence electrons. The van der Waals surface area contributed by atoms with Gasteiger partial charge in [0.1, 0.15) is 42.5 Å². The number of carbonyl (C=O) groups is 2. The number of fused-ring (bicyclic) bond motifs is 1. The zero-order valence-corrected chi connectivity index (χ0v) is 21.0. The third-order valence-electron chi connectivity index (χ3n) is 5.83. The van der Waals surface area contributed by atoms with Gasteiger partial charge in [0.2, 0.25) is 0 Å². The Morgan fingerprint density at radius 2 is 1.72 bits per heavy atom. The Labute approximate surface area is 219 Å². The summed E-state index contributed by atoms with van der Waals surface area (Å²) in [6, 6.07) is 6.71. The predicted molar refractivity (Wildman–Crippen MR) is 132 cm³/mol. The van der Waals surface area contributed by atoms with Crippen LogP contribution in [0.25, 0.3) is 28.0 Å². The summed E-state index contributed by atoms with van der Waals surface area (Å²) in [6.07, 6.45) is 0.135. The summed E-state index contributed by atoms with van der Waals surface area (Å²) in [7, 11) is 2.64. The number of methoxy groups -OCH3 is 2. The lowest BCUT2D eigenvalue weighted by Crippen LogP contribution is -2.15. The minimum Gasteiger partial charge on any atom is -0.496 e. The van der Waals surface area contributed by atoms with Crippen LogP contribution in [0, 0.1) is 0 Å². The summed E-state index contributed by atoms with van der Waals surface area (Å²) in [4.78, 5) is 28.8. The van der Waals surface area contributed by atoms with Crippen molar-refractivity contribution in [3.8, 4) is 33.9 Å². The molecule has 0 spiro atoms. The van der Waals surface area contributed by atoms with Gasteiger partial charge in [0.05, 0.1) is 38.7 Å². The highest BCUT2D eigenvalue weighted by Gasteiger charge is 2.30. The van der Waals surface area contributed by atoms with Crippen molar-refractivity contribution >= 4 is 17.4 Å². The first-order valence-electron chi connectivity index (χ1n) is 11.7. The number of esters is 1. The molecule has 0 atom stereocenters. The fourth-order valence-electron chi connectivity index (χ4n) is 4.02. The Bertz CT molecular complexity index is 1470. The number of alkyl halides is 4. The number of nitrogens with zero attached hydrogens (tertiary/aromatic N) is 4. The van der Waals surface area contributed by atoms with E-state index in [2.05, 4.69) is 10.1 Å². The summed E-state index contributed by atoms with van der Waals surface area (Å²) in [6.45, 7) is -1.22. The smallest absolute Gasteiger partial charge is 0.389 e. The van der Waals surface area contributed by atoms with Gasteiger partial charge in [-0.2, -0.15) is 18.3 Å². The van der Waals surface area contributed by atoms with Gasteiger partial charge in [-0.15, -0.1) is 0 Å². The van der Waals surface area contributed by atoms with E-state index in [-0.39, 0.29) is 30.2 Å². The maximum atomic E-state index is 12.7. The first kappa shape index (κ1) is 27.6. The number of ether oxygens (including phenoxy) is 3. The number of aromatic nitrogens is 4. The summed E-state index contributed by atoms with van der Waals surface area (Å²) in [5.41, 5.74) is 3.18. The molecule has 0 unspecified atom stereocenters. The van der Waals surface area contributed by atoms with Gasteiger partial charge in [-0.3, -0.25) is 18.7 Å². The molecular weight excluding hydrogens is 524 g/mol. The fourth-order valence-corrected chi connectivity index (χ4v) is 4.02. The number of imidazole rings is 1. The standard InChI is InChI=1S/C26H24F4N4O5/c1-37-21-9-17(10-22(38-2)25(21)20(35)3-5-26(28,29)30)19-13-31-23-11-16(4-7-34(19)23)18-12-32-33(14-18)15-24(36)39-8-6-27/h4,7,9-14H,3,5-6,8,15H2,1-2H3. The van der Waals surface area contributed by atoms with E-state index in [1.807, 2.05) is 6.07 Å². The fraction of sp³-hybridized carbons (Fsp3) is 0.308. The maximum absolute atomic E-state index is 12.7. The number of rotatable bonds is 11. The Balaban J connectivity index is 1.62. The van der Waals surface area contributed by atoms with E-state index in [0.717, 1.165) is 5.56 Å². The molecule has 0 aliphatic heterocycles. The number of pyridine rings is 1. The summed E-state index contributed by atoms with van der Waals surface area (Å²) < 4.78 is 68.7. The first-order valence-corrected chi connectivity index (χ1v) is 11.7. The number of ketones is 1. The monoisotopic (exact) mass is 548 g/mol.